The predicted octanol–water partition coefficient (Wildman–Crippen LogP) is 5.51. The van der Waals surface area contributed by atoms with E-state index in [1.54, 1.807) is 36.4 Å². The van der Waals surface area contributed by atoms with Crippen molar-refractivity contribution in [2.24, 2.45) is 17.8 Å². The van der Waals surface area contributed by atoms with E-state index in [0.717, 1.165) is 4.90 Å². The molecule has 19 heteroatoms. The first-order chi connectivity index (χ1) is 27.6. The second-order valence-electron chi connectivity index (χ2n) is 16.9. The van der Waals surface area contributed by atoms with E-state index < -0.39 is 92.5 Å². The number of carbonyl (C=O) groups is 4. The molecule has 3 fully saturated rings. The Bertz CT molecular complexity index is 2110. The first kappa shape index (κ1) is 43.9. The molecule has 3 heterocycles. The number of allylic oxidation sites excluding steroid dienone is 1. The van der Waals surface area contributed by atoms with Gasteiger partial charge in [0, 0.05) is 23.9 Å². The number of fused-ring (bicyclic) bond motifs is 3. The second-order valence-corrected chi connectivity index (χ2v) is 19.0. The number of hydrogen-bond donors (Lipinski definition) is 3. The molecule has 0 bridgehead atoms. The number of nitrogens with one attached hydrogen (secondary N) is 2. The van der Waals surface area contributed by atoms with E-state index >= 15 is 0 Å². The number of pyridine rings is 1. The smallest absolute Gasteiger partial charge is 0.411 e. The normalized spacial score (nSPS) is 28.7. The lowest BCUT2D eigenvalue weighted by Gasteiger charge is -2.45. The molecule has 4 amide bonds. The molecular formula is C40H51F4N5O9S. The van der Waals surface area contributed by atoms with Gasteiger partial charge in [0.2, 0.25) is 27.7 Å². The molecule has 2 saturated carbocycles. The molecule has 324 valence electrons. The monoisotopic (exact) mass is 853 g/mol. The molecule has 59 heavy (non-hydrogen) atoms. The fraction of sp³-hybridized carbons (Fsp3) is 0.625. The van der Waals surface area contributed by atoms with Crippen molar-refractivity contribution in [3.05, 3.63) is 42.6 Å². The topological polar surface area (TPSA) is 185 Å². The highest BCUT2D eigenvalue weighted by molar-refractivity contribution is 7.91. The van der Waals surface area contributed by atoms with Gasteiger partial charge in [-0.05, 0) is 101 Å². The number of nitrogens with zero attached hydrogens (tertiary/aromatic N) is 3. The van der Waals surface area contributed by atoms with Crippen LogP contribution in [-0.4, -0.2) is 112 Å². The highest BCUT2D eigenvalue weighted by Crippen LogP contribution is 2.48. The van der Waals surface area contributed by atoms with Crippen molar-refractivity contribution in [3.63, 3.8) is 0 Å². The van der Waals surface area contributed by atoms with E-state index in [1.165, 1.54) is 13.1 Å². The molecule has 1 aromatic carbocycles. The van der Waals surface area contributed by atoms with E-state index in [2.05, 4.69) is 10.3 Å². The number of hydrogen-bond acceptors (Lipinski definition) is 9. The number of benzene rings is 1. The Kier molecular flexibility index (Phi) is 11.9. The largest absolute Gasteiger partial charge is 0.494 e. The number of sulfonamides is 1. The number of carboxylic acid groups (broad SMARTS) is 1. The maximum absolute atomic E-state index is 15.0. The number of halogens is 4. The standard InChI is InChI=1S/C40H51F4N5O9S/c1-6-57-27-11-12-29-25(18-27)13-16-45-33(29)58-28-19-30-32(50)46-39(35(52)47-59(55,56)38(22-41)14-15-38)20-26(39)10-8-7-9-23(2)17-24(3)31(34(51)48(30)21-28)49(36(53)54)37(4,5)40(42,43)44/h8,10-13,16,18,23-24,26,28,30-31H,6-7,9,14-15,17,19-22H2,1-5H3,(H,46,50)(H,47,52)(H,53,54)/t23-,24-,26-,28-,30+,31+,39-/m1/s1. The van der Waals surface area contributed by atoms with Crippen LogP contribution in [0.1, 0.15) is 79.6 Å². The number of rotatable bonds is 10. The van der Waals surface area contributed by atoms with Crippen LogP contribution in [0.25, 0.3) is 10.8 Å². The first-order valence-corrected chi connectivity index (χ1v) is 21.3. The zero-order valence-electron chi connectivity index (χ0n) is 33.6. The quantitative estimate of drug-likeness (QED) is 0.204. The average Bonchev–Trinajstić information content (AvgIpc) is 4.06. The maximum atomic E-state index is 15.0. The molecule has 6 rings (SSSR count). The van der Waals surface area contributed by atoms with Gasteiger partial charge in [0.05, 0.1) is 13.2 Å². The van der Waals surface area contributed by atoms with Crippen LogP contribution < -0.4 is 19.5 Å². The Hall–Kier alpha value is -4.68. The Morgan fingerprint density at radius 1 is 1.14 bits per heavy atom. The lowest BCUT2D eigenvalue weighted by Crippen LogP contribution is -2.66. The Balaban J connectivity index is 1.41. The van der Waals surface area contributed by atoms with Crippen molar-refractivity contribution in [2.75, 3.05) is 19.8 Å². The molecule has 1 aromatic heterocycles. The number of alkyl halides is 4. The number of ether oxygens (including phenoxy) is 2. The predicted molar refractivity (Wildman–Crippen MR) is 207 cm³/mol. The molecule has 2 aromatic rings. The first-order valence-electron chi connectivity index (χ1n) is 19.8. The van der Waals surface area contributed by atoms with Gasteiger partial charge in [-0.3, -0.25) is 24.0 Å². The average molecular weight is 854 g/mol. The molecule has 14 nitrogen and oxygen atoms in total. The van der Waals surface area contributed by atoms with E-state index in [9.17, 15) is 50.3 Å². The molecule has 7 atom stereocenters. The van der Waals surface area contributed by atoms with Crippen molar-refractivity contribution >= 4 is 44.6 Å². The third kappa shape index (κ3) is 8.40. The number of amides is 4. The van der Waals surface area contributed by atoms with Crippen LogP contribution >= 0.6 is 0 Å². The van der Waals surface area contributed by atoms with Crippen LogP contribution in [0.15, 0.2) is 42.6 Å². The van der Waals surface area contributed by atoms with Gasteiger partial charge in [0.25, 0.3) is 5.91 Å². The van der Waals surface area contributed by atoms with Gasteiger partial charge in [-0.1, -0.05) is 26.0 Å². The van der Waals surface area contributed by atoms with Crippen LogP contribution in [0.2, 0.25) is 0 Å². The van der Waals surface area contributed by atoms with Gasteiger partial charge in [-0.2, -0.15) is 13.2 Å². The summed E-state index contributed by atoms with van der Waals surface area (Å²) in [4.78, 5) is 61.8. The molecule has 0 unspecified atom stereocenters. The summed E-state index contributed by atoms with van der Waals surface area (Å²) in [5.74, 6) is -4.31. The van der Waals surface area contributed by atoms with Crippen molar-refractivity contribution in [2.45, 2.75) is 120 Å². The minimum Gasteiger partial charge on any atom is -0.494 e. The van der Waals surface area contributed by atoms with E-state index in [0.29, 0.717) is 49.8 Å². The minimum atomic E-state index is -5.11. The molecular weight excluding hydrogens is 803 g/mol. The van der Waals surface area contributed by atoms with E-state index in [1.807, 2.05) is 18.6 Å². The molecule has 0 spiro atoms. The zero-order valence-corrected chi connectivity index (χ0v) is 34.4. The van der Waals surface area contributed by atoms with Crippen molar-refractivity contribution in [3.8, 4) is 11.6 Å². The highest BCUT2D eigenvalue weighted by Gasteiger charge is 2.64. The van der Waals surface area contributed by atoms with Crippen LogP contribution in [0.3, 0.4) is 0 Å². The summed E-state index contributed by atoms with van der Waals surface area (Å²) in [5, 5.41) is 14.3. The summed E-state index contributed by atoms with van der Waals surface area (Å²) >= 11 is 0. The molecule has 1 saturated heterocycles. The zero-order chi connectivity index (χ0) is 43.3. The minimum absolute atomic E-state index is 0.00482. The maximum Gasteiger partial charge on any atom is 0.411 e. The summed E-state index contributed by atoms with van der Waals surface area (Å²) in [7, 11) is -4.50. The van der Waals surface area contributed by atoms with Crippen molar-refractivity contribution in [1.29, 1.82) is 0 Å². The summed E-state index contributed by atoms with van der Waals surface area (Å²) in [6, 6.07) is 3.45. The van der Waals surface area contributed by atoms with Crippen LogP contribution in [0, 0.1) is 17.8 Å². The number of aromatic nitrogens is 1. The Morgan fingerprint density at radius 3 is 2.47 bits per heavy atom. The fourth-order valence-electron chi connectivity index (χ4n) is 8.37. The van der Waals surface area contributed by atoms with E-state index in [4.69, 9.17) is 9.47 Å². The van der Waals surface area contributed by atoms with Crippen LogP contribution in [0.4, 0.5) is 22.4 Å². The van der Waals surface area contributed by atoms with Gasteiger partial charge in [-0.15, -0.1) is 0 Å². The van der Waals surface area contributed by atoms with Gasteiger partial charge < -0.3 is 24.8 Å². The third-order valence-corrected chi connectivity index (χ3v) is 14.4. The Morgan fingerprint density at radius 2 is 1.85 bits per heavy atom. The Labute approximate surface area is 340 Å². The van der Waals surface area contributed by atoms with E-state index in [-0.39, 0.29) is 55.3 Å². The number of carbonyl (C=O) groups excluding carboxylic acids is 3. The van der Waals surface area contributed by atoms with Gasteiger partial charge in [-0.25, -0.2) is 22.6 Å². The lowest BCUT2D eigenvalue weighted by atomic mass is 9.85. The summed E-state index contributed by atoms with van der Waals surface area (Å²) in [5.41, 5.74) is -4.89. The van der Waals surface area contributed by atoms with Gasteiger partial charge in [0.15, 0.2) is 0 Å². The van der Waals surface area contributed by atoms with Crippen LogP contribution in [0.5, 0.6) is 11.6 Å². The second kappa shape index (κ2) is 16.1. The van der Waals surface area contributed by atoms with Gasteiger partial charge in [0.1, 0.15) is 46.4 Å². The molecule has 2 aliphatic carbocycles. The van der Waals surface area contributed by atoms with Crippen molar-refractivity contribution in [1.82, 2.24) is 24.8 Å². The molecule has 3 N–H and O–H groups in total. The summed E-state index contributed by atoms with van der Waals surface area (Å²) in [6.07, 6.45) is -2.48. The SMILES string of the molecule is CCOc1ccc2c(O[C@@H]3C[C@H]4C(=O)N[C@]5(C(=O)NS(=O)(=O)C6(CF)CC6)C[C@H]5C=CCC[C@@H](C)C[C@@H](C)[C@H](N(C(=O)O)C(C)(C)C(F)(F)F)C(=O)N4C3)nccc2c1. The summed E-state index contributed by atoms with van der Waals surface area (Å²) < 4.78 is 96.5. The fourth-order valence-corrected chi connectivity index (χ4v) is 9.80. The van der Waals surface area contributed by atoms with Crippen molar-refractivity contribution < 1.29 is 59.7 Å². The summed E-state index contributed by atoms with van der Waals surface area (Å²) in [6.45, 7) is 5.32. The molecule has 4 aliphatic rings. The molecule has 0 radical (unpaired) electrons. The molecule has 2 aliphatic heterocycles. The highest BCUT2D eigenvalue weighted by atomic mass is 32.2. The van der Waals surface area contributed by atoms with Gasteiger partial charge >= 0.3 is 12.3 Å². The third-order valence-electron chi connectivity index (χ3n) is 12.3. The van der Waals surface area contributed by atoms with Crippen LogP contribution in [-0.2, 0) is 24.4 Å². The lowest BCUT2D eigenvalue weighted by molar-refractivity contribution is -0.222.